The van der Waals surface area contributed by atoms with Crippen molar-refractivity contribution >= 4 is 11.6 Å². The average molecular weight is 315 g/mol. The van der Waals surface area contributed by atoms with Gasteiger partial charge in [-0.25, -0.2) is 13.2 Å². The SMILES string of the molecule is NNC(Cc1cc(Cl)ccc1F)Cc1c(F)cccc1F. The van der Waals surface area contributed by atoms with Crippen LogP contribution in [-0.4, -0.2) is 6.04 Å². The summed E-state index contributed by atoms with van der Waals surface area (Å²) in [7, 11) is 0. The van der Waals surface area contributed by atoms with Crippen molar-refractivity contribution in [3.05, 3.63) is 70.0 Å². The first-order chi connectivity index (χ1) is 10.0. The van der Waals surface area contributed by atoms with Crippen LogP contribution in [0.4, 0.5) is 13.2 Å². The summed E-state index contributed by atoms with van der Waals surface area (Å²) in [5.41, 5.74) is 2.71. The molecule has 21 heavy (non-hydrogen) atoms. The number of nitrogens with two attached hydrogens (primary N) is 1. The van der Waals surface area contributed by atoms with Gasteiger partial charge in [0.2, 0.25) is 0 Å². The molecule has 0 heterocycles. The van der Waals surface area contributed by atoms with Gasteiger partial charge in [-0.2, -0.15) is 0 Å². The molecule has 1 atom stereocenters. The lowest BCUT2D eigenvalue weighted by molar-refractivity contribution is 0.476. The van der Waals surface area contributed by atoms with Gasteiger partial charge in [0.15, 0.2) is 0 Å². The van der Waals surface area contributed by atoms with E-state index in [9.17, 15) is 13.2 Å². The smallest absolute Gasteiger partial charge is 0.129 e. The van der Waals surface area contributed by atoms with Crippen LogP contribution >= 0.6 is 11.6 Å². The molecule has 0 spiro atoms. The summed E-state index contributed by atoms with van der Waals surface area (Å²) in [4.78, 5) is 0. The molecule has 0 aliphatic rings. The van der Waals surface area contributed by atoms with Crippen molar-refractivity contribution in [2.45, 2.75) is 18.9 Å². The lowest BCUT2D eigenvalue weighted by Crippen LogP contribution is -2.39. The van der Waals surface area contributed by atoms with Gasteiger partial charge in [0.1, 0.15) is 17.5 Å². The van der Waals surface area contributed by atoms with Crippen LogP contribution in [0.2, 0.25) is 5.02 Å². The Kier molecular flexibility index (Phi) is 5.22. The molecule has 0 aliphatic carbocycles. The number of hydrogen-bond donors (Lipinski definition) is 2. The Hall–Kier alpha value is -1.56. The van der Waals surface area contributed by atoms with Crippen LogP contribution in [0.5, 0.6) is 0 Å². The van der Waals surface area contributed by atoms with E-state index in [-0.39, 0.29) is 18.4 Å². The third-order valence-electron chi connectivity index (χ3n) is 3.22. The predicted octanol–water partition coefficient (Wildman–Crippen LogP) is 3.37. The molecule has 3 N–H and O–H groups in total. The summed E-state index contributed by atoms with van der Waals surface area (Å²) >= 11 is 5.82. The Morgan fingerprint density at radius 2 is 1.67 bits per heavy atom. The Balaban J connectivity index is 2.19. The normalized spacial score (nSPS) is 12.4. The Morgan fingerprint density at radius 1 is 1.00 bits per heavy atom. The van der Waals surface area contributed by atoms with Crippen LogP contribution < -0.4 is 11.3 Å². The summed E-state index contributed by atoms with van der Waals surface area (Å²) in [6, 6.07) is 7.26. The maximum atomic E-state index is 13.7. The van der Waals surface area contributed by atoms with Crippen LogP contribution in [-0.2, 0) is 12.8 Å². The van der Waals surface area contributed by atoms with E-state index < -0.39 is 23.5 Å². The van der Waals surface area contributed by atoms with Crippen molar-refractivity contribution in [1.29, 1.82) is 0 Å². The molecule has 0 saturated carbocycles. The van der Waals surface area contributed by atoms with Crippen molar-refractivity contribution < 1.29 is 13.2 Å². The quantitative estimate of drug-likeness (QED) is 0.656. The zero-order valence-corrected chi connectivity index (χ0v) is 11.8. The Bertz CT molecular complexity index is 614. The fourth-order valence-corrected chi connectivity index (χ4v) is 2.32. The molecule has 0 fully saturated rings. The molecule has 2 aromatic rings. The number of hydrazine groups is 1. The summed E-state index contributed by atoms with van der Waals surface area (Å²) in [6.07, 6.45) is 0.164. The fraction of sp³-hybridized carbons (Fsp3) is 0.200. The van der Waals surface area contributed by atoms with Gasteiger partial charge in [-0.3, -0.25) is 11.3 Å². The predicted molar refractivity (Wildman–Crippen MR) is 76.3 cm³/mol. The first-order valence-electron chi connectivity index (χ1n) is 6.34. The largest absolute Gasteiger partial charge is 0.271 e. The molecule has 1 unspecified atom stereocenters. The minimum absolute atomic E-state index is 0.000952. The third kappa shape index (κ3) is 3.97. The zero-order valence-electron chi connectivity index (χ0n) is 11.0. The molecule has 0 saturated heterocycles. The molecular weight excluding hydrogens is 301 g/mol. The van der Waals surface area contributed by atoms with E-state index in [0.717, 1.165) is 0 Å². The first kappa shape index (κ1) is 15.8. The molecule has 0 aliphatic heterocycles. The molecule has 0 aromatic heterocycles. The molecular formula is C15H14ClF3N2. The van der Waals surface area contributed by atoms with Gasteiger partial charge in [0, 0.05) is 16.6 Å². The van der Waals surface area contributed by atoms with Crippen LogP contribution in [0.25, 0.3) is 0 Å². The van der Waals surface area contributed by atoms with Gasteiger partial charge in [-0.15, -0.1) is 0 Å². The van der Waals surface area contributed by atoms with E-state index in [1.165, 1.54) is 36.4 Å². The standard InChI is InChI=1S/C15H14ClF3N2/c16-10-4-5-13(17)9(6-10)7-11(21-20)8-12-14(18)2-1-3-15(12)19/h1-6,11,21H,7-8,20H2. The van der Waals surface area contributed by atoms with Crippen LogP contribution in [0.3, 0.4) is 0 Å². The molecule has 112 valence electrons. The highest BCUT2D eigenvalue weighted by Crippen LogP contribution is 2.19. The van der Waals surface area contributed by atoms with E-state index >= 15 is 0 Å². The highest BCUT2D eigenvalue weighted by molar-refractivity contribution is 6.30. The first-order valence-corrected chi connectivity index (χ1v) is 6.72. The Labute approximate surface area is 125 Å². The summed E-state index contributed by atoms with van der Waals surface area (Å²) in [5, 5.41) is 0.388. The zero-order chi connectivity index (χ0) is 15.4. The van der Waals surface area contributed by atoms with Crippen LogP contribution in [0.1, 0.15) is 11.1 Å². The molecule has 2 aromatic carbocycles. The highest BCUT2D eigenvalue weighted by Gasteiger charge is 2.17. The van der Waals surface area contributed by atoms with E-state index in [1.807, 2.05) is 0 Å². The number of nitrogens with one attached hydrogen (secondary N) is 1. The van der Waals surface area contributed by atoms with Crippen molar-refractivity contribution in [2.75, 3.05) is 0 Å². The van der Waals surface area contributed by atoms with Gasteiger partial charge in [0.05, 0.1) is 0 Å². The highest BCUT2D eigenvalue weighted by atomic mass is 35.5. The maximum Gasteiger partial charge on any atom is 0.129 e. The van der Waals surface area contributed by atoms with Crippen molar-refractivity contribution in [1.82, 2.24) is 5.43 Å². The monoisotopic (exact) mass is 314 g/mol. The lowest BCUT2D eigenvalue weighted by atomic mass is 9.98. The van der Waals surface area contributed by atoms with E-state index in [2.05, 4.69) is 5.43 Å². The number of halogens is 4. The maximum absolute atomic E-state index is 13.7. The fourth-order valence-electron chi connectivity index (χ4n) is 2.13. The van der Waals surface area contributed by atoms with E-state index in [4.69, 9.17) is 17.4 Å². The topological polar surface area (TPSA) is 38.0 Å². The summed E-state index contributed by atoms with van der Waals surface area (Å²) in [5.74, 6) is 3.67. The van der Waals surface area contributed by atoms with Gasteiger partial charge in [-0.1, -0.05) is 17.7 Å². The summed E-state index contributed by atoms with van der Waals surface area (Å²) < 4.78 is 40.9. The average Bonchev–Trinajstić information content (AvgIpc) is 2.45. The second kappa shape index (κ2) is 6.93. The summed E-state index contributed by atoms with van der Waals surface area (Å²) in [6.45, 7) is 0. The minimum atomic E-state index is -0.651. The molecule has 2 nitrogen and oxygen atoms in total. The van der Waals surface area contributed by atoms with Crippen molar-refractivity contribution in [3.63, 3.8) is 0 Å². The number of rotatable bonds is 5. The lowest BCUT2D eigenvalue weighted by Gasteiger charge is -2.17. The van der Waals surface area contributed by atoms with Crippen LogP contribution in [0.15, 0.2) is 36.4 Å². The molecule has 2 rings (SSSR count). The van der Waals surface area contributed by atoms with Gasteiger partial charge < -0.3 is 0 Å². The van der Waals surface area contributed by atoms with Crippen molar-refractivity contribution in [3.8, 4) is 0 Å². The van der Waals surface area contributed by atoms with Gasteiger partial charge in [0.25, 0.3) is 0 Å². The van der Waals surface area contributed by atoms with E-state index in [0.29, 0.717) is 10.6 Å². The van der Waals surface area contributed by atoms with Gasteiger partial charge >= 0.3 is 0 Å². The Morgan fingerprint density at radius 3 is 2.29 bits per heavy atom. The minimum Gasteiger partial charge on any atom is -0.271 e. The molecule has 6 heteroatoms. The number of benzene rings is 2. The molecule has 0 radical (unpaired) electrons. The van der Waals surface area contributed by atoms with Crippen LogP contribution in [0, 0.1) is 17.5 Å². The van der Waals surface area contributed by atoms with Crippen molar-refractivity contribution in [2.24, 2.45) is 5.84 Å². The van der Waals surface area contributed by atoms with Gasteiger partial charge in [-0.05, 0) is 48.7 Å². The van der Waals surface area contributed by atoms with E-state index in [1.54, 1.807) is 0 Å². The second-order valence-electron chi connectivity index (χ2n) is 4.71. The molecule has 0 bridgehead atoms. The number of hydrogen-bond acceptors (Lipinski definition) is 2. The molecule has 0 amide bonds. The third-order valence-corrected chi connectivity index (χ3v) is 3.46. The second-order valence-corrected chi connectivity index (χ2v) is 5.14.